The molecule has 3 saturated heterocycles. The van der Waals surface area contributed by atoms with Gasteiger partial charge in [-0.05, 0) is 61.6 Å². The molecule has 0 unspecified atom stereocenters. The van der Waals surface area contributed by atoms with Gasteiger partial charge in [0.15, 0.2) is 0 Å². The van der Waals surface area contributed by atoms with E-state index in [-0.39, 0.29) is 18.4 Å². The van der Waals surface area contributed by atoms with E-state index >= 15 is 0 Å². The van der Waals surface area contributed by atoms with Crippen LogP contribution in [0.4, 0.5) is 5.69 Å². The van der Waals surface area contributed by atoms with E-state index in [2.05, 4.69) is 25.6 Å². The predicted octanol–water partition coefficient (Wildman–Crippen LogP) is 1.89. The van der Waals surface area contributed by atoms with Gasteiger partial charge in [-0.2, -0.15) is 4.37 Å². The van der Waals surface area contributed by atoms with Gasteiger partial charge in [0.2, 0.25) is 0 Å². The molecule has 0 aliphatic carbocycles. The van der Waals surface area contributed by atoms with Crippen molar-refractivity contribution in [3.63, 3.8) is 0 Å². The van der Waals surface area contributed by atoms with Crippen molar-refractivity contribution in [3.05, 3.63) is 23.9 Å². The van der Waals surface area contributed by atoms with Gasteiger partial charge in [-0.3, -0.25) is 9.59 Å². The number of amides is 1. The molecule has 1 atom stereocenters. The van der Waals surface area contributed by atoms with Gasteiger partial charge < -0.3 is 20.2 Å². The van der Waals surface area contributed by atoms with Gasteiger partial charge in [0.1, 0.15) is 5.69 Å². The van der Waals surface area contributed by atoms with Gasteiger partial charge in [0.25, 0.3) is 12.4 Å². The molecule has 0 saturated carbocycles. The minimum atomic E-state index is -0.250. The van der Waals surface area contributed by atoms with Crippen LogP contribution in [-0.4, -0.2) is 66.5 Å². The van der Waals surface area contributed by atoms with Crippen LogP contribution in [0.2, 0.25) is 0 Å². The fourth-order valence-corrected chi connectivity index (χ4v) is 4.54. The first-order valence-electron chi connectivity index (χ1n) is 8.71. The topological polar surface area (TPSA) is 85.8 Å². The SMILES string of the molecule is CN(C)c1ccc2c(C(=O)N[C@@H]3CN4CCC3CC4)nsc2c1.O=CO. The monoisotopic (exact) mass is 376 g/mol. The number of benzene rings is 1. The Morgan fingerprint density at radius 2 is 2.08 bits per heavy atom. The van der Waals surface area contributed by atoms with Crippen LogP contribution in [0.1, 0.15) is 23.3 Å². The second-order valence-corrected chi connectivity index (χ2v) is 7.73. The molecule has 2 N–H and O–H groups in total. The maximum absolute atomic E-state index is 12.7. The van der Waals surface area contributed by atoms with Crippen LogP contribution in [-0.2, 0) is 4.79 Å². The van der Waals surface area contributed by atoms with Gasteiger partial charge in [0, 0.05) is 37.8 Å². The van der Waals surface area contributed by atoms with E-state index in [9.17, 15) is 4.79 Å². The standard InChI is InChI=1S/C17H22N4OS.CH2O2/c1-20(2)12-3-4-13-15(9-12)23-19-16(13)17(22)18-14-10-21-7-5-11(14)6-8-21;2-1-3/h3-4,9,11,14H,5-8,10H2,1-2H3,(H,18,22);1H,(H,2,3)/t14-;/m1./s1. The molecule has 3 fully saturated rings. The van der Waals surface area contributed by atoms with Crippen molar-refractivity contribution in [2.75, 3.05) is 38.6 Å². The molecular weight excluding hydrogens is 352 g/mol. The van der Waals surface area contributed by atoms with Crippen LogP contribution in [0.25, 0.3) is 10.1 Å². The Morgan fingerprint density at radius 3 is 2.65 bits per heavy atom. The second-order valence-electron chi connectivity index (χ2n) is 6.93. The summed E-state index contributed by atoms with van der Waals surface area (Å²) in [5, 5.41) is 11.1. The molecule has 3 aliphatic rings. The number of anilines is 1. The highest BCUT2D eigenvalue weighted by Crippen LogP contribution is 2.29. The van der Waals surface area contributed by atoms with Gasteiger partial charge in [-0.25, -0.2) is 0 Å². The Kier molecular flexibility index (Phi) is 5.73. The summed E-state index contributed by atoms with van der Waals surface area (Å²) in [6, 6.07) is 6.43. The Bertz CT molecular complexity index is 784. The smallest absolute Gasteiger partial charge is 0.290 e. The van der Waals surface area contributed by atoms with Crippen molar-refractivity contribution < 1.29 is 14.7 Å². The summed E-state index contributed by atoms with van der Waals surface area (Å²) in [5.74, 6) is 0.613. The average molecular weight is 376 g/mol. The third-order valence-electron chi connectivity index (χ3n) is 5.16. The third-order valence-corrected chi connectivity index (χ3v) is 5.97. The number of hydrogen-bond donors (Lipinski definition) is 2. The zero-order chi connectivity index (χ0) is 18.7. The van der Waals surface area contributed by atoms with Gasteiger partial charge in [-0.15, -0.1) is 0 Å². The molecule has 2 aromatic rings. The largest absolute Gasteiger partial charge is 0.483 e. The van der Waals surface area contributed by atoms with E-state index < -0.39 is 0 Å². The number of carboxylic acid groups (broad SMARTS) is 1. The van der Waals surface area contributed by atoms with Crippen molar-refractivity contribution in [2.24, 2.45) is 5.92 Å². The zero-order valence-corrected chi connectivity index (χ0v) is 15.8. The Labute approximate surface area is 156 Å². The van der Waals surface area contributed by atoms with E-state index in [0.29, 0.717) is 11.6 Å². The lowest BCUT2D eigenvalue weighted by Gasteiger charge is -2.44. The van der Waals surface area contributed by atoms with Crippen LogP contribution in [0.3, 0.4) is 0 Å². The summed E-state index contributed by atoms with van der Waals surface area (Å²) in [7, 11) is 4.03. The van der Waals surface area contributed by atoms with Crippen molar-refractivity contribution >= 4 is 39.7 Å². The fraction of sp³-hybridized carbons (Fsp3) is 0.500. The van der Waals surface area contributed by atoms with Crippen LogP contribution in [0.15, 0.2) is 18.2 Å². The van der Waals surface area contributed by atoms with Crippen molar-refractivity contribution in [1.82, 2.24) is 14.6 Å². The lowest BCUT2D eigenvalue weighted by atomic mass is 9.84. The van der Waals surface area contributed by atoms with Gasteiger partial charge in [0.05, 0.1) is 4.70 Å². The molecule has 26 heavy (non-hydrogen) atoms. The summed E-state index contributed by atoms with van der Waals surface area (Å²) in [6.45, 7) is 3.11. The number of aromatic nitrogens is 1. The molecule has 1 aromatic heterocycles. The quantitative estimate of drug-likeness (QED) is 0.796. The maximum atomic E-state index is 12.7. The first-order chi connectivity index (χ1) is 12.5. The summed E-state index contributed by atoms with van der Waals surface area (Å²) in [5.41, 5.74) is 1.71. The summed E-state index contributed by atoms with van der Waals surface area (Å²) in [6.07, 6.45) is 2.41. The molecule has 3 aliphatic heterocycles. The molecule has 4 heterocycles. The predicted molar refractivity (Wildman–Crippen MR) is 103 cm³/mol. The van der Waals surface area contributed by atoms with E-state index in [1.54, 1.807) is 0 Å². The molecule has 0 radical (unpaired) electrons. The van der Waals surface area contributed by atoms with Gasteiger partial charge >= 0.3 is 0 Å². The van der Waals surface area contributed by atoms with Crippen LogP contribution < -0.4 is 10.2 Å². The number of nitrogens with zero attached hydrogens (tertiary/aromatic N) is 3. The summed E-state index contributed by atoms with van der Waals surface area (Å²) >= 11 is 1.40. The molecular formula is C18H24N4O3S. The zero-order valence-electron chi connectivity index (χ0n) is 15.0. The third kappa shape index (κ3) is 3.81. The maximum Gasteiger partial charge on any atom is 0.290 e. The Hall–Kier alpha value is -2.19. The van der Waals surface area contributed by atoms with Crippen molar-refractivity contribution in [1.29, 1.82) is 0 Å². The van der Waals surface area contributed by atoms with Crippen LogP contribution in [0, 0.1) is 5.92 Å². The van der Waals surface area contributed by atoms with E-state index in [1.807, 2.05) is 26.2 Å². The highest BCUT2D eigenvalue weighted by molar-refractivity contribution is 7.13. The summed E-state index contributed by atoms with van der Waals surface area (Å²) < 4.78 is 5.49. The first kappa shape index (κ1) is 18.6. The highest BCUT2D eigenvalue weighted by atomic mass is 32.1. The van der Waals surface area contributed by atoms with Crippen molar-refractivity contribution in [2.45, 2.75) is 18.9 Å². The van der Waals surface area contributed by atoms with Crippen molar-refractivity contribution in [3.8, 4) is 0 Å². The molecule has 2 bridgehead atoms. The molecule has 5 rings (SSSR count). The second kappa shape index (κ2) is 8.01. The normalized spacial score (nSPS) is 23.8. The number of carbonyl (C=O) groups is 2. The lowest BCUT2D eigenvalue weighted by molar-refractivity contribution is -0.122. The molecule has 1 amide bonds. The number of carbonyl (C=O) groups excluding carboxylic acids is 1. The highest BCUT2D eigenvalue weighted by Gasteiger charge is 2.35. The van der Waals surface area contributed by atoms with E-state index in [0.717, 1.165) is 22.3 Å². The van der Waals surface area contributed by atoms with Crippen LogP contribution >= 0.6 is 11.5 Å². The van der Waals surface area contributed by atoms with E-state index in [4.69, 9.17) is 9.90 Å². The number of nitrogens with one attached hydrogen (secondary N) is 1. The fourth-order valence-electron chi connectivity index (χ4n) is 3.73. The minimum Gasteiger partial charge on any atom is -0.483 e. The Balaban J connectivity index is 0.000000613. The van der Waals surface area contributed by atoms with E-state index in [1.165, 1.54) is 37.5 Å². The molecule has 7 nitrogen and oxygen atoms in total. The summed E-state index contributed by atoms with van der Waals surface area (Å²) in [4.78, 5) is 25.6. The number of fused-ring (bicyclic) bond motifs is 4. The molecule has 1 aromatic carbocycles. The van der Waals surface area contributed by atoms with Gasteiger partial charge in [-0.1, -0.05) is 0 Å². The number of piperidine rings is 3. The molecule has 140 valence electrons. The number of hydrogen-bond acceptors (Lipinski definition) is 6. The molecule has 8 heteroatoms. The first-order valence-corrected chi connectivity index (χ1v) is 9.48. The lowest BCUT2D eigenvalue weighted by Crippen LogP contribution is -2.57. The molecule has 0 spiro atoms. The van der Waals surface area contributed by atoms with Crippen LogP contribution in [0.5, 0.6) is 0 Å². The Morgan fingerprint density at radius 1 is 1.38 bits per heavy atom. The minimum absolute atomic E-state index is 0.0207. The number of rotatable bonds is 3. The average Bonchev–Trinajstić information content (AvgIpc) is 3.06.